The number of aryl methyl sites for hydroxylation is 1. The van der Waals surface area contributed by atoms with Gasteiger partial charge in [0.15, 0.2) is 0 Å². The van der Waals surface area contributed by atoms with Gasteiger partial charge in [0, 0.05) is 17.7 Å². The summed E-state index contributed by atoms with van der Waals surface area (Å²) in [7, 11) is 4.38. The van der Waals surface area contributed by atoms with Crippen LogP contribution in [0.3, 0.4) is 0 Å². The molecule has 1 saturated carbocycles. The Balaban J connectivity index is 1.44. The van der Waals surface area contributed by atoms with E-state index >= 15 is 0 Å². The van der Waals surface area contributed by atoms with Gasteiger partial charge >= 0.3 is 0 Å². The molecule has 1 heterocycles. The number of benzene rings is 2. The minimum atomic E-state index is 0.467. The zero-order chi connectivity index (χ0) is 20.2. The molecule has 1 fully saturated rings. The standard InChI is InChI=1S/C25H29N3O/c1-18-8-7-11-22(16-18)25-26-23(29-27-25)17-19-12-14-21(15-13-19)24(28(2)3)20-9-5-4-6-10-20/h4-11,16-17,21,24H,12-15H2,1-3H3. The van der Waals surface area contributed by atoms with Crippen molar-refractivity contribution in [2.24, 2.45) is 5.92 Å². The minimum absolute atomic E-state index is 0.467. The second-order valence-electron chi connectivity index (χ2n) is 8.28. The van der Waals surface area contributed by atoms with E-state index in [2.05, 4.69) is 84.6 Å². The van der Waals surface area contributed by atoms with Gasteiger partial charge in [-0.05, 0) is 64.3 Å². The summed E-state index contributed by atoms with van der Waals surface area (Å²) in [5.41, 5.74) is 5.01. The van der Waals surface area contributed by atoms with Gasteiger partial charge < -0.3 is 9.42 Å². The fourth-order valence-electron chi connectivity index (χ4n) is 4.48. The Hall–Kier alpha value is -2.72. The van der Waals surface area contributed by atoms with E-state index in [9.17, 15) is 0 Å². The van der Waals surface area contributed by atoms with Crippen LogP contribution in [0.25, 0.3) is 17.5 Å². The van der Waals surface area contributed by atoms with Crippen molar-refractivity contribution in [3.8, 4) is 11.4 Å². The van der Waals surface area contributed by atoms with Crippen LogP contribution in [0.4, 0.5) is 0 Å². The smallest absolute Gasteiger partial charge is 0.250 e. The lowest BCUT2D eigenvalue weighted by molar-refractivity contribution is 0.184. The molecule has 4 nitrogen and oxygen atoms in total. The highest BCUT2D eigenvalue weighted by molar-refractivity contribution is 5.57. The van der Waals surface area contributed by atoms with Crippen molar-refractivity contribution < 1.29 is 4.52 Å². The molecule has 0 radical (unpaired) electrons. The Bertz CT molecular complexity index is 964. The Morgan fingerprint density at radius 1 is 1.03 bits per heavy atom. The van der Waals surface area contributed by atoms with Gasteiger partial charge in [0.2, 0.25) is 5.82 Å². The summed E-state index contributed by atoms with van der Waals surface area (Å²) in [6.07, 6.45) is 6.63. The van der Waals surface area contributed by atoms with Gasteiger partial charge in [0.05, 0.1) is 0 Å². The van der Waals surface area contributed by atoms with Gasteiger partial charge in [-0.3, -0.25) is 0 Å². The van der Waals surface area contributed by atoms with Gasteiger partial charge in [-0.2, -0.15) is 4.98 Å². The molecule has 3 aromatic rings. The Labute approximate surface area is 173 Å². The number of hydrogen-bond donors (Lipinski definition) is 0. The largest absolute Gasteiger partial charge is 0.334 e. The molecule has 29 heavy (non-hydrogen) atoms. The van der Waals surface area contributed by atoms with Crippen molar-refractivity contribution in [3.63, 3.8) is 0 Å². The van der Waals surface area contributed by atoms with Crippen LogP contribution in [0.1, 0.15) is 48.7 Å². The van der Waals surface area contributed by atoms with Crippen molar-refractivity contribution in [1.29, 1.82) is 0 Å². The van der Waals surface area contributed by atoms with Crippen LogP contribution in [-0.4, -0.2) is 29.1 Å². The fraction of sp³-hybridized carbons (Fsp3) is 0.360. The molecule has 0 amide bonds. The van der Waals surface area contributed by atoms with Crippen molar-refractivity contribution in [1.82, 2.24) is 15.0 Å². The lowest BCUT2D eigenvalue weighted by Gasteiger charge is -2.36. The number of hydrogen-bond acceptors (Lipinski definition) is 4. The molecule has 150 valence electrons. The van der Waals surface area contributed by atoms with E-state index in [1.807, 2.05) is 12.1 Å². The lowest BCUT2D eigenvalue weighted by atomic mass is 9.78. The summed E-state index contributed by atoms with van der Waals surface area (Å²) < 4.78 is 5.50. The number of rotatable bonds is 5. The Morgan fingerprint density at radius 2 is 1.79 bits per heavy atom. The van der Waals surface area contributed by atoms with Crippen molar-refractivity contribution in [2.45, 2.75) is 38.6 Å². The SMILES string of the molecule is Cc1cccc(-c2noc(C=C3CCC(C(c4ccccc4)N(C)C)CC3)n2)c1. The number of nitrogens with zero attached hydrogens (tertiary/aromatic N) is 3. The van der Waals surface area contributed by atoms with E-state index < -0.39 is 0 Å². The third kappa shape index (κ3) is 4.65. The summed E-state index contributed by atoms with van der Waals surface area (Å²) in [4.78, 5) is 6.95. The number of allylic oxidation sites excluding steroid dienone is 1. The van der Waals surface area contributed by atoms with E-state index in [4.69, 9.17) is 4.52 Å². The first-order chi connectivity index (χ1) is 14.1. The number of aromatic nitrogens is 2. The first kappa shape index (κ1) is 19.6. The quantitative estimate of drug-likeness (QED) is 0.545. The predicted octanol–water partition coefficient (Wildman–Crippen LogP) is 5.92. The first-order valence-corrected chi connectivity index (χ1v) is 10.4. The highest BCUT2D eigenvalue weighted by atomic mass is 16.5. The van der Waals surface area contributed by atoms with Crippen LogP contribution in [0.15, 0.2) is 64.7 Å². The maximum Gasteiger partial charge on any atom is 0.250 e. The van der Waals surface area contributed by atoms with Gasteiger partial charge in [0.1, 0.15) is 0 Å². The van der Waals surface area contributed by atoms with Crippen LogP contribution >= 0.6 is 0 Å². The van der Waals surface area contributed by atoms with Gasteiger partial charge in [-0.25, -0.2) is 0 Å². The zero-order valence-electron chi connectivity index (χ0n) is 17.5. The molecular weight excluding hydrogens is 358 g/mol. The molecule has 4 rings (SSSR count). The molecule has 0 saturated heterocycles. The molecule has 0 bridgehead atoms. The first-order valence-electron chi connectivity index (χ1n) is 10.4. The van der Waals surface area contributed by atoms with E-state index in [1.165, 1.54) is 29.5 Å². The van der Waals surface area contributed by atoms with Crippen LogP contribution in [0.2, 0.25) is 0 Å². The molecule has 1 aliphatic carbocycles. The second kappa shape index (κ2) is 8.75. The third-order valence-electron chi connectivity index (χ3n) is 5.86. The Morgan fingerprint density at radius 3 is 2.48 bits per heavy atom. The van der Waals surface area contributed by atoms with Crippen molar-refractivity contribution in [2.75, 3.05) is 14.1 Å². The highest BCUT2D eigenvalue weighted by Gasteiger charge is 2.28. The molecule has 1 aromatic heterocycles. The van der Waals surface area contributed by atoms with Crippen LogP contribution < -0.4 is 0 Å². The summed E-state index contributed by atoms with van der Waals surface area (Å²) in [5.74, 6) is 1.93. The molecule has 4 heteroatoms. The fourth-order valence-corrected chi connectivity index (χ4v) is 4.48. The molecule has 1 aliphatic rings. The molecule has 0 aliphatic heterocycles. The van der Waals surface area contributed by atoms with Crippen molar-refractivity contribution in [3.05, 3.63) is 77.2 Å². The molecule has 2 aromatic carbocycles. The van der Waals surface area contributed by atoms with Gasteiger partial charge in [0.25, 0.3) is 5.89 Å². The van der Waals surface area contributed by atoms with E-state index in [1.54, 1.807) is 0 Å². The third-order valence-corrected chi connectivity index (χ3v) is 5.86. The molecular formula is C25H29N3O. The summed E-state index contributed by atoms with van der Waals surface area (Å²) in [6, 6.07) is 19.5. The normalized spacial score (nSPS) is 18.1. The molecule has 1 atom stereocenters. The van der Waals surface area contributed by atoms with Crippen LogP contribution in [0, 0.1) is 12.8 Å². The van der Waals surface area contributed by atoms with E-state index in [0.29, 0.717) is 23.7 Å². The van der Waals surface area contributed by atoms with Crippen LogP contribution in [0.5, 0.6) is 0 Å². The lowest BCUT2D eigenvalue weighted by Crippen LogP contribution is -2.29. The average Bonchev–Trinajstić information content (AvgIpc) is 3.19. The highest BCUT2D eigenvalue weighted by Crippen LogP contribution is 2.39. The molecule has 0 spiro atoms. The Kier molecular flexibility index (Phi) is 5.91. The van der Waals surface area contributed by atoms with Gasteiger partial charge in [-0.1, -0.05) is 64.8 Å². The summed E-state index contributed by atoms with van der Waals surface area (Å²) in [6.45, 7) is 2.07. The minimum Gasteiger partial charge on any atom is -0.334 e. The average molecular weight is 388 g/mol. The molecule has 1 unspecified atom stereocenters. The van der Waals surface area contributed by atoms with E-state index in [0.717, 1.165) is 18.4 Å². The topological polar surface area (TPSA) is 42.2 Å². The van der Waals surface area contributed by atoms with Crippen LogP contribution in [-0.2, 0) is 0 Å². The predicted molar refractivity (Wildman–Crippen MR) is 117 cm³/mol. The molecule has 0 N–H and O–H groups in total. The van der Waals surface area contributed by atoms with E-state index in [-0.39, 0.29) is 0 Å². The van der Waals surface area contributed by atoms with Crippen molar-refractivity contribution >= 4 is 6.08 Å². The maximum atomic E-state index is 5.50. The zero-order valence-corrected chi connectivity index (χ0v) is 17.5. The maximum absolute atomic E-state index is 5.50. The van der Waals surface area contributed by atoms with Gasteiger partial charge in [-0.15, -0.1) is 0 Å². The second-order valence-corrected chi connectivity index (χ2v) is 8.28. The monoisotopic (exact) mass is 387 g/mol. The summed E-state index contributed by atoms with van der Waals surface area (Å²) in [5, 5.41) is 4.16. The summed E-state index contributed by atoms with van der Waals surface area (Å²) >= 11 is 0.